The Morgan fingerprint density at radius 1 is 0.828 bits per heavy atom. The second-order valence-corrected chi connectivity index (χ2v) is 7.28. The van der Waals surface area contributed by atoms with Crippen molar-refractivity contribution in [3.05, 3.63) is 94.6 Å². The van der Waals surface area contributed by atoms with Gasteiger partial charge in [-0.15, -0.1) is 0 Å². The lowest BCUT2D eigenvalue weighted by Crippen LogP contribution is -2.32. The summed E-state index contributed by atoms with van der Waals surface area (Å²) in [5.74, 6) is -0.210. The van der Waals surface area contributed by atoms with Gasteiger partial charge in [-0.1, -0.05) is 58.4 Å². The van der Waals surface area contributed by atoms with Crippen molar-refractivity contribution in [2.75, 3.05) is 17.3 Å². The third kappa shape index (κ3) is 3.54. The predicted octanol–water partition coefficient (Wildman–Crippen LogP) is 4.85. The molecule has 0 radical (unpaired) electrons. The third-order valence-electron chi connectivity index (χ3n) is 4.60. The van der Waals surface area contributed by atoms with Crippen molar-refractivity contribution in [2.45, 2.75) is 0 Å². The summed E-state index contributed by atoms with van der Waals surface area (Å²) >= 11 is 3.38. The van der Waals surface area contributed by atoms with E-state index < -0.39 is 5.91 Å². The van der Waals surface area contributed by atoms with Gasteiger partial charge in [-0.05, 0) is 42.0 Å². The van der Waals surface area contributed by atoms with Crippen LogP contribution in [0.2, 0.25) is 0 Å². The van der Waals surface area contributed by atoms with Crippen molar-refractivity contribution in [2.24, 2.45) is 0 Å². The van der Waals surface area contributed by atoms with Crippen LogP contribution in [-0.4, -0.2) is 18.9 Å². The second kappa shape index (κ2) is 7.93. The molecule has 1 N–H and O–H groups in total. The van der Waals surface area contributed by atoms with Gasteiger partial charge in [0.15, 0.2) is 0 Å². The van der Waals surface area contributed by atoms with Crippen molar-refractivity contribution in [1.82, 2.24) is 0 Å². The van der Waals surface area contributed by atoms with E-state index in [4.69, 9.17) is 4.74 Å². The van der Waals surface area contributed by atoms with Gasteiger partial charge in [-0.2, -0.15) is 0 Å². The zero-order chi connectivity index (χ0) is 20.4. The van der Waals surface area contributed by atoms with Crippen LogP contribution in [0.25, 0.3) is 5.57 Å². The molecule has 0 saturated heterocycles. The van der Waals surface area contributed by atoms with Gasteiger partial charge < -0.3 is 10.1 Å². The second-order valence-electron chi connectivity index (χ2n) is 6.36. The van der Waals surface area contributed by atoms with Crippen LogP contribution in [0.5, 0.6) is 5.75 Å². The van der Waals surface area contributed by atoms with Gasteiger partial charge in [-0.25, -0.2) is 4.90 Å². The highest BCUT2D eigenvalue weighted by molar-refractivity contribution is 9.10. The van der Waals surface area contributed by atoms with Gasteiger partial charge in [0.2, 0.25) is 0 Å². The Labute approximate surface area is 176 Å². The van der Waals surface area contributed by atoms with E-state index in [0.29, 0.717) is 28.3 Å². The maximum atomic E-state index is 13.3. The number of para-hydroxylation sites is 2. The lowest BCUT2D eigenvalue weighted by Gasteiger charge is -2.16. The number of nitrogens with one attached hydrogen (secondary N) is 1. The predicted molar refractivity (Wildman–Crippen MR) is 117 cm³/mol. The minimum Gasteiger partial charge on any atom is -0.495 e. The molecule has 0 fully saturated rings. The lowest BCUT2D eigenvalue weighted by molar-refractivity contribution is -0.120. The normalized spacial score (nSPS) is 13.8. The number of carbonyl (C=O) groups is 2. The van der Waals surface area contributed by atoms with E-state index in [1.54, 1.807) is 43.5 Å². The fourth-order valence-electron chi connectivity index (χ4n) is 3.23. The smallest absolute Gasteiger partial charge is 0.282 e. The van der Waals surface area contributed by atoms with Crippen molar-refractivity contribution >= 4 is 44.7 Å². The van der Waals surface area contributed by atoms with E-state index in [9.17, 15) is 9.59 Å². The Kier molecular flexibility index (Phi) is 5.18. The Bertz CT molecular complexity index is 1110. The minimum atomic E-state index is -0.415. The Hall–Kier alpha value is -3.38. The molecule has 1 heterocycles. The number of hydrogen-bond donors (Lipinski definition) is 1. The summed E-state index contributed by atoms with van der Waals surface area (Å²) in [7, 11) is 1.56. The van der Waals surface area contributed by atoms with Crippen LogP contribution in [0.3, 0.4) is 0 Å². The number of ether oxygens (including phenoxy) is 1. The van der Waals surface area contributed by atoms with E-state index >= 15 is 0 Å². The summed E-state index contributed by atoms with van der Waals surface area (Å²) in [6.45, 7) is 0. The summed E-state index contributed by atoms with van der Waals surface area (Å²) in [6, 6.07) is 23.5. The Morgan fingerprint density at radius 3 is 2.17 bits per heavy atom. The standard InChI is InChI=1S/C23H17BrN2O3/c1-29-19-10-6-5-9-18(19)25-21-20(15-7-3-2-4-8-15)22(27)26(23(21)28)17-13-11-16(24)12-14-17/h2-14,25H,1H3. The van der Waals surface area contributed by atoms with Crippen LogP contribution < -0.4 is 15.0 Å². The number of anilines is 2. The Balaban J connectivity index is 1.83. The average molecular weight is 449 g/mol. The van der Waals surface area contributed by atoms with Crippen LogP contribution in [0.4, 0.5) is 11.4 Å². The maximum absolute atomic E-state index is 13.3. The molecule has 0 unspecified atom stereocenters. The molecule has 29 heavy (non-hydrogen) atoms. The third-order valence-corrected chi connectivity index (χ3v) is 5.13. The quantitative estimate of drug-likeness (QED) is 0.566. The molecular formula is C23H17BrN2O3. The van der Waals surface area contributed by atoms with Crippen LogP contribution in [-0.2, 0) is 9.59 Å². The molecule has 4 rings (SSSR count). The van der Waals surface area contributed by atoms with Gasteiger partial charge in [0, 0.05) is 4.47 Å². The molecule has 1 aliphatic rings. The number of nitrogens with zero attached hydrogens (tertiary/aromatic N) is 1. The Morgan fingerprint density at radius 2 is 1.48 bits per heavy atom. The van der Waals surface area contributed by atoms with Crippen molar-refractivity contribution in [1.29, 1.82) is 0 Å². The zero-order valence-electron chi connectivity index (χ0n) is 15.6. The summed E-state index contributed by atoms with van der Waals surface area (Å²) in [6.07, 6.45) is 0. The highest BCUT2D eigenvalue weighted by Gasteiger charge is 2.40. The number of hydrogen-bond acceptors (Lipinski definition) is 4. The number of amides is 2. The molecule has 6 heteroatoms. The van der Waals surface area contributed by atoms with Crippen molar-refractivity contribution in [3.8, 4) is 5.75 Å². The molecule has 0 spiro atoms. The molecule has 1 aliphatic heterocycles. The molecule has 0 atom stereocenters. The van der Waals surface area contributed by atoms with Crippen LogP contribution in [0.1, 0.15) is 5.56 Å². The number of imide groups is 1. The highest BCUT2D eigenvalue weighted by atomic mass is 79.9. The first-order chi connectivity index (χ1) is 14.1. The lowest BCUT2D eigenvalue weighted by atomic mass is 10.0. The minimum absolute atomic E-state index is 0.216. The fourth-order valence-corrected chi connectivity index (χ4v) is 3.49. The maximum Gasteiger partial charge on any atom is 0.282 e. The largest absolute Gasteiger partial charge is 0.495 e. The van der Waals surface area contributed by atoms with Gasteiger partial charge in [0.05, 0.1) is 24.1 Å². The zero-order valence-corrected chi connectivity index (χ0v) is 17.1. The molecule has 0 aliphatic carbocycles. The first-order valence-corrected chi connectivity index (χ1v) is 9.73. The van der Waals surface area contributed by atoms with Crippen molar-refractivity contribution < 1.29 is 14.3 Å². The van der Waals surface area contributed by atoms with Gasteiger partial charge >= 0.3 is 0 Å². The van der Waals surface area contributed by atoms with Crippen molar-refractivity contribution in [3.63, 3.8) is 0 Å². The van der Waals surface area contributed by atoms with Gasteiger partial charge in [-0.3, -0.25) is 9.59 Å². The van der Waals surface area contributed by atoms with Crippen LogP contribution in [0, 0.1) is 0 Å². The molecule has 5 nitrogen and oxygen atoms in total. The van der Waals surface area contributed by atoms with Crippen LogP contribution in [0.15, 0.2) is 89.0 Å². The molecule has 0 saturated carbocycles. The van der Waals surface area contributed by atoms with E-state index in [-0.39, 0.29) is 11.6 Å². The molecule has 0 aromatic heterocycles. The molecule has 3 aromatic carbocycles. The van der Waals surface area contributed by atoms with E-state index in [2.05, 4.69) is 21.2 Å². The fraction of sp³-hybridized carbons (Fsp3) is 0.0435. The number of methoxy groups -OCH3 is 1. The molecule has 3 aromatic rings. The highest BCUT2D eigenvalue weighted by Crippen LogP contribution is 2.35. The molecular weight excluding hydrogens is 432 g/mol. The topological polar surface area (TPSA) is 58.6 Å². The number of rotatable bonds is 5. The summed E-state index contributed by atoms with van der Waals surface area (Å²) in [4.78, 5) is 27.8. The van der Waals surface area contributed by atoms with Gasteiger partial charge in [0.25, 0.3) is 11.8 Å². The SMILES string of the molecule is COc1ccccc1NC1=C(c2ccccc2)C(=O)N(c2ccc(Br)cc2)C1=O. The summed E-state index contributed by atoms with van der Waals surface area (Å²) in [5, 5.41) is 3.13. The van der Waals surface area contributed by atoms with E-state index in [0.717, 1.165) is 4.47 Å². The molecule has 0 bridgehead atoms. The van der Waals surface area contributed by atoms with E-state index in [1.807, 2.05) is 42.5 Å². The number of benzene rings is 3. The summed E-state index contributed by atoms with van der Waals surface area (Å²) in [5.41, 5.74) is 2.33. The number of carbonyl (C=O) groups excluding carboxylic acids is 2. The number of halogens is 1. The average Bonchev–Trinajstić information content (AvgIpc) is 2.99. The molecule has 2 amide bonds. The molecule has 144 valence electrons. The van der Waals surface area contributed by atoms with E-state index in [1.165, 1.54) is 4.90 Å². The monoisotopic (exact) mass is 448 g/mol. The van der Waals surface area contributed by atoms with Gasteiger partial charge in [0.1, 0.15) is 11.4 Å². The summed E-state index contributed by atoms with van der Waals surface area (Å²) < 4.78 is 6.25. The first-order valence-electron chi connectivity index (χ1n) is 8.94. The first kappa shape index (κ1) is 19.0. The van der Waals surface area contributed by atoms with Crippen LogP contribution >= 0.6 is 15.9 Å².